The summed E-state index contributed by atoms with van der Waals surface area (Å²) in [5, 5.41) is 92.7. The standard InChI is InChI=1S/C65H121N6O39P5/c1-43-54(76)56(78)47(33-72)107-62(43)95-23-11-5-8-14-26-98-112(84,85)101-29-17-20-92-37-65(38-93-21-18-30-102-113(86,87)99-27-15-9-6-12-24-96-63-44(2)55(77)57(79)48(34-73)108-63,40-105-115(90,91)104-36-50-46(110-111(4,82)83)32-51(106-50)71-42-69-53-60(66)67-41-68-61(53)71)39-94-22-19-31-103-114(88,89)100-28-16-10-7-13-25-97-64-52(70-45(3)75)59(81)58(80)49(35-74)109-64/h41-44,46-52,54-59,62-64,72-74,76-81H,5-40H2,1-4H3,(H,70,75)(H,82,83)(H,84,85)(H,86,87)(H,88,89)(H,90,91)(H2,66,67,68)/t43?,44?,46?,47?,48?,49?,50-,51-,52?,54-,55-,56+,57+,58+,59-,62-,63-,64-,65?/m1/s1. The third-order valence-electron chi connectivity index (χ3n) is 18.8. The van der Waals surface area contributed by atoms with Crippen molar-refractivity contribution >= 4 is 61.8 Å². The van der Waals surface area contributed by atoms with E-state index >= 15 is 0 Å². The van der Waals surface area contributed by atoms with E-state index in [0.717, 1.165) is 6.66 Å². The molecule has 2 aromatic rings. The first-order valence-electron chi connectivity index (χ1n) is 38.3. The summed E-state index contributed by atoms with van der Waals surface area (Å²) in [6.07, 6.45) is -9.12. The fourth-order valence-corrected chi connectivity index (χ4v) is 16.3. The Balaban J connectivity index is 1.04. The van der Waals surface area contributed by atoms with Gasteiger partial charge in [-0.1, -0.05) is 52.4 Å². The first-order chi connectivity index (χ1) is 54.5. The second-order valence-electron chi connectivity index (χ2n) is 28.5. The number of hydrogen-bond acceptors (Lipinski definition) is 38. The number of nitrogens with zero attached hydrogens (tertiary/aromatic N) is 4. The van der Waals surface area contributed by atoms with Gasteiger partial charge < -0.3 is 133 Å². The topological polar surface area (TPSA) is 643 Å². The van der Waals surface area contributed by atoms with Gasteiger partial charge >= 0.3 is 38.9 Å². The highest BCUT2D eigenvalue weighted by molar-refractivity contribution is 7.52. The van der Waals surface area contributed by atoms with Crippen LogP contribution < -0.4 is 11.1 Å². The Kier molecular flexibility index (Phi) is 45.0. The molecule has 23 atom stereocenters. The smallest absolute Gasteiger partial charge is 0.394 e. The zero-order chi connectivity index (χ0) is 84.4. The minimum atomic E-state index is -5.23. The molecule has 0 aromatic carbocycles. The SMILES string of the molecule is CC(=O)NC1[C@H](OCCCCCCOP(=O)(O)OCCCOCC(COCCCOP(=O)(O)OCCCCCCO[C@@H]2OC(CO)[C@H](O)[C@H](O)C2C)(COCCCOP(=O)(O)OCCCCCCO[C@@H]2OC(CO)[C@H](O)[C@H](O)C2C)COP(=O)(O)OC[C@H]2O[C@@H](n3cnc4c(N)ncnc43)CC2OP(C)(=O)O)OC(CO)[C@H](O)[C@@H]1O. The maximum absolute atomic E-state index is 14.1. The number of anilines is 1. The number of nitrogen functional groups attached to an aromatic ring is 1. The summed E-state index contributed by atoms with van der Waals surface area (Å²) in [5.74, 6) is -1.59. The Hall–Kier alpha value is -2.35. The van der Waals surface area contributed by atoms with Gasteiger partial charge in [-0.2, -0.15) is 0 Å². The molecule has 17 N–H and O–H groups in total. The van der Waals surface area contributed by atoms with E-state index in [9.17, 15) is 98.0 Å². The molecule has 0 radical (unpaired) electrons. The molecule has 115 heavy (non-hydrogen) atoms. The van der Waals surface area contributed by atoms with Crippen molar-refractivity contribution in [1.29, 1.82) is 0 Å². The third kappa shape index (κ3) is 35.8. The first-order valence-corrected chi connectivity index (χ1v) is 46.3. The van der Waals surface area contributed by atoms with Crippen molar-refractivity contribution in [2.75, 3.05) is 145 Å². The van der Waals surface area contributed by atoms with E-state index < -0.39 is 213 Å². The number of hydrogen-bond donors (Lipinski definition) is 16. The van der Waals surface area contributed by atoms with Crippen LogP contribution >= 0.6 is 38.9 Å². The number of unbranched alkanes of at least 4 members (excludes halogenated alkanes) is 9. The number of amides is 1. The van der Waals surface area contributed by atoms with Crippen molar-refractivity contribution in [3.8, 4) is 0 Å². The van der Waals surface area contributed by atoms with Gasteiger partial charge in [0, 0.05) is 71.5 Å². The quantitative estimate of drug-likeness (QED) is 0.0329. The van der Waals surface area contributed by atoms with Crippen LogP contribution in [-0.2, 0) is 116 Å². The van der Waals surface area contributed by atoms with Gasteiger partial charge in [0.15, 0.2) is 30.3 Å². The molecule has 4 aliphatic rings. The molecular weight excluding hydrogens is 1640 g/mol. The molecule has 6 heterocycles. The van der Waals surface area contributed by atoms with Crippen molar-refractivity contribution in [3.05, 3.63) is 12.7 Å². The van der Waals surface area contributed by atoms with Crippen LogP contribution in [0.15, 0.2) is 12.7 Å². The van der Waals surface area contributed by atoms with Crippen LogP contribution in [0, 0.1) is 17.3 Å². The summed E-state index contributed by atoms with van der Waals surface area (Å²) < 4.78 is 173. The lowest BCUT2D eigenvalue weighted by Crippen LogP contribution is -2.64. The van der Waals surface area contributed by atoms with Crippen LogP contribution in [0.1, 0.15) is 130 Å². The maximum Gasteiger partial charge on any atom is 0.472 e. The van der Waals surface area contributed by atoms with E-state index in [-0.39, 0.29) is 122 Å². The fraction of sp³-hybridized carbons (Fsp3) is 0.908. The number of imidazole rings is 1. The highest BCUT2D eigenvalue weighted by Gasteiger charge is 2.48. The van der Waals surface area contributed by atoms with Crippen molar-refractivity contribution in [1.82, 2.24) is 24.8 Å². The molecule has 4 fully saturated rings. The molecule has 4 saturated heterocycles. The number of aliphatic hydroxyl groups is 9. The van der Waals surface area contributed by atoms with E-state index in [0.29, 0.717) is 77.0 Å². The molecule has 0 saturated carbocycles. The normalized spacial score (nSPS) is 30.0. The first kappa shape index (κ1) is 101. The summed E-state index contributed by atoms with van der Waals surface area (Å²) in [4.78, 5) is 77.4. The van der Waals surface area contributed by atoms with E-state index in [2.05, 4.69) is 20.3 Å². The molecule has 12 unspecified atom stereocenters. The highest BCUT2D eigenvalue weighted by atomic mass is 31.2. The van der Waals surface area contributed by atoms with Crippen LogP contribution in [-0.4, -0.2) is 327 Å². The number of aromatic nitrogens is 4. The summed E-state index contributed by atoms with van der Waals surface area (Å²) in [6, 6.07) is -1.12. The third-order valence-corrected chi connectivity index (χ3v) is 23.4. The van der Waals surface area contributed by atoms with Gasteiger partial charge in [-0.15, -0.1) is 0 Å². The molecular formula is C65H121N6O39P5. The molecule has 50 heteroatoms. The zero-order valence-corrected chi connectivity index (χ0v) is 69.5. The summed E-state index contributed by atoms with van der Waals surface area (Å²) in [7, 11) is -23.3. The number of nitrogens with one attached hydrogen (secondary N) is 1. The minimum Gasteiger partial charge on any atom is -0.394 e. The van der Waals surface area contributed by atoms with Crippen LogP contribution in [0.4, 0.5) is 5.82 Å². The van der Waals surface area contributed by atoms with Gasteiger partial charge in [-0.3, -0.25) is 50.1 Å². The lowest BCUT2D eigenvalue weighted by molar-refractivity contribution is -0.282. The van der Waals surface area contributed by atoms with Crippen LogP contribution in [0.5, 0.6) is 0 Å². The zero-order valence-electron chi connectivity index (χ0n) is 65.1. The van der Waals surface area contributed by atoms with Crippen LogP contribution in [0.25, 0.3) is 11.2 Å². The molecule has 0 bridgehead atoms. The average Bonchev–Trinajstić information content (AvgIpc) is 1.66. The Labute approximate surface area is 666 Å². The number of carbonyl (C=O) groups is 1. The molecule has 6 rings (SSSR count). The van der Waals surface area contributed by atoms with E-state index in [4.69, 9.17) is 93.8 Å². The Morgan fingerprint density at radius 1 is 0.487 bits per heavy atom. The second-order valence-corrected chi connectivity index (χ2v) is 36.1. The number of aliphatic hydroxyl groups excluding tert-OH is 9. The van der Waals surface area contributed by atoms with E-state index in [1.165, 1.54) is 24.1 Å². The largest absolute Gasteiger partial charge is 0.472 e. The lowest BCUT2D eigenvalue weighted by Gasteiger charge is -2.42. The van der Waals surface area contributed by atoms with Crippen molar-refractivity contribution in [3.63, 3.8) is 0 Å². The number of nitrogens with two attached hydrogens (primary N) is 1. The van der Waals surface area contributed by atoms with Crippen molar-refractivity contribution < 1.29 is 186 Å². The number of fused-ring (bicyclic) bond motifs is 1. The number of rotatable bonds is 61. The number of phosphoric ester groups is 4. The Bertz CT molecular complexity index is 3260. The summed E-state index contributed by atoms with van der Waals surface area (Å²) in [5.41, 5.74) is 4.83. The van der Waals surface area contributed by atoms with Crippen LogP contribution in [0.3, 0.4) is 0 Å². The molecule has 0 spiro atoms. The lowest BCUT2D eigenvalue weighted by atomic mass is 9.92. The molecule has 45 nitrogen and oxygen atoms in total. The van der Waals surface area contributed by atoms with Gasteiger partial charge in [0.05, 0.1) is 123 Å². The van der Waals surface area contributed by atoms with Crippen molar-refractivity contribution in [2.45, 2.75) is 222 Å². The van der Waals surface area contributed by atoms with Gasteiger partial charge in [0.1, 0.15) is 72.9 Å². The monoisotopic (exact) mass is 1760 g/mol. The summed E-state index contributed by atoms with van der Waals surface area (Å²) >= 11 is 0. The van der Waals surface area contributed by atoms with E-state index in [1.54, 1.807) is 13.8 Å². The number of ether oxygens (including phenoxy) is 10. The van der Waals surface area contributed by atoms with Gasteiger partial charge in [-0.25, -0.2) is 33.2 Å². The minimum absolute atomic E-state index is 0.0373. The molecule has 0 aliphatic carbocycles. The predicted octanol–water partition coefficient (Wildman–Crippen LogP) is 1.46. The van der Waals surface area contributed by atoms with Gasteiger partial charge in [0.25, 0.3) is 0 Å². The van der Waals surface area contributed by atoms with E-state index in [1.807, 2.05) is 0 Å². The maximum atomic E-state index is 14.1. The number of carbonyl (C=O) groups excluding carboxylic acids is 1. The van der Waals surface area contributed by atoms with Gasteiger partial charge in [0.2, 0.25) is 5.91 Å². The molecule has 1 amide bonds. The highest BCUT2D eigenvalue weighted by Crippen LogP contribution is 2.50. The summed E-state index contributed by atoms with van der Waals surface area (Å²) in [6.45, 7) is -0.732. The molecule has 4 aliphatic heterocycles. The predicted molar refractivity (Wildman–Crippen MR) is 397 cm³/mol. The van der Waals surface area contributed by atoms with Gasteiger partial charge in [-0.05, 0) is 57.8 Å². The van der Waals surface area contributed by atoms with Crippen molar-refractivity contribution in [2.24, 2.45) is 17.3 Å². The number of phosphoric acid groups is 4. The fourth-order valence-electron chi connectivity index (χ4n) is 12.4. The second kappa shape index (κ2) is 51.0. The Morgan fingerprint density at radius 2 is 0.870 bits per heavy atom. The molecule has 2 aromatic heterocycles. The van der Waals surface area contributed by atoms with Crippen LogP contribution in [0.2, 0.25) is 0 Å². The molecule has 670 valence electrons. The Morgan fingerprint density at radius 3 is 1.28 bits per heavy atom. The average molecular weight is 1770 g/mol.